The van der Waals surface area contributed by atoms with Crippen molar-refractivity contribution < 1.29 is 9.90 Å². The highest BCUT2D eigenvalue weighted by molar-refractivity contribution is 5.85. The fraction of sp³-hybridized carbons (Fsp3) is 0.500. The molecule has 1 amide bonds. The fourth-order valence-corrected chi connectivity index (χ4v) is 0.0551. The highest BCUT2D eigenvalue weighted by atomic mass is 16.3. The van der Waals surface area contributed by atoms with E-state index < -0.39 is 11.5 Å². The first-order chi connectivity index (χ1) is 3.50. The van der Waals surface area contributed by atoms with Gasteiger partial charge >= 0.3 is 0 Å². The van der Waals surface area contributed by atoms with Crippen LogP contribution < -0.4 is 5.73 Å². The van der Waals surface area contributed by atoms with Gasteiger partial charge in [-0.1, -0.05) is 0 Å². The van der Waals surface area contributed by atoms with Crippen LogP contribution in [0.5, 0.6) is 0 Å². The molecule has 0 rings (SSSR count). The van der Waals surface area contributed by atoms with Gasteiger partial charge in [0.1, 0.15) is 6.07 Å². The summed E-state index contributed by atoms with van der Waals surface area (Å²) in [6.45, 7) is 1.04. The molecular weight excluding hydrogens is 108 g/mol. The second kappa shape index (κ2) is 1.80. The summed E-state index contributed by atoms with van der Waals surface area (Å²) in [7, 11) is 0. The lowest BCUT2D eigenvalue weighted by Crippen LogP contribution is -2.39. The molecule has 0 aliphatic carbocycles. The molecule has 44 valence electrons. The largest absolute Gasteiger partial charge is 0.368 e. The SMILES string of the molecule is CC(O)(C#N)C(N)=O. The van der Waals surface area contributed by atoms with Crippen LogP contribution in [0.25, 0.3) is 0 Å². The van der Waals surface area contributed by atoms with Crippen molar-refractivity contribution in [3.05, 3.63) is 0 Å². The van der Waals surface area contributed by atoms with Crippen LogP contribution in [0.4, 0.5) is 0 Å². The Kier molecular flexibility index (Phi) is 1.56. The van der Waals surface area contributed by atoms with Crippen LogP contribution in [0.3, 0.4) is 0 Å². The number of carbonyl (C=O) groups excluding carboxylic acids is 1. The first-order valence-corrected chi connectivity index (χ1v) is 1.94. The van der Waals surface area contributed by atoms with E-state index >= 15 is 0 Å². The van der Waals surface area contributed by atoms with E-state index in [2.05, 4.69) is 5.73 Å². The third-order valence-electron chi connectivity index (χ3n) is 0.697. The van der Waals surface area contributed by atoms with Gasteiger partial charge in [-0.05, 0) is 6.92 Å². The number of carbonyl (C=O) groups is 1. The van der Waals surface area contributed by atoms with Gasteiger partial charge in [0.25, 0.3) is 5.91 Å². The van der Waals surface area contributed by atoms with Crippen LogP contribution in [-0.4, -0.2) is 16.6 Å². The maximum Gasteiger partial charge on any atom is 0.264 e. The first-order valence-electron chi connectivity index (χ1n) is 1.94. The van der Waals surface area contributed by atoms with E-state index in [1.54, 1.807) is 0 Å². The van der Waals surface area contributed by atoms with Gasteiger partial charge in [-0.3, -0.25) is 4.79 Å². The lowest BCUT2D eigenvalue weighted by atomic mass is 10.1. The molecule has 0 saturated heterocycles. The summed E-state index contributed by atoms with van der Waals surface area (Å²) in [6.07, 6.45) is 0. The van der Waals surface area contributed by atoms with Crippen molar-refractivity contribution in [1.29, 1.82) is 5.26 Å². The maximum atomic E-state index is 10.0. The molecule has 8 heavy (non-hydrogen) atoms. The summed E-state index contributed by atoms with van der Waals surface area (Å²) in [5, 5.41) is 16.5. The zero-order chi connectivity index (χ0) is 6.78. The summed E-state index contributed by atoms with van der Waals surface area (Å²) in [5.74, 6) is -1.03. The molecule has 0 bridgehead atoms. The van der Waals surface area contributed by atoms with Crippen molar-refractivity contribution in [2.45, 2.75) is 12.5 Å². The van der Waals surface area contributed by atoms with Crippen molar-refractivity contribution in [2.75, 3.05) is 0 Å². The molecule has 1 atom stereocenters. The number of hydrogen-bond donors (Lipinski definition) is 2. The normalized spacial score (nSPS) is 16.1. The Morgan fingerprint density at radius 1 is 2.00 bits per heavy atom. The molecular formula is C4H6N2O2. The van der Waals surface area contributed by atoms with Crippen molar-refractivity contribution in [1.82, 2.24) is 0 Å². The Balaban J connectivity index is 4.19. The average Bonchev–Trinajstić information content (AvgIpc) is 1.67. The molecule has 0 fully saturated rings. The smallest absolute Gasteiger partial charge is 0.264 e. The molecule has 0 aromatic rings. The zero-order valence-electron chi connectivity index (χ0n) is 4.38. The van der Waals surface area contributed by atoms with E-state index in [0.29, 0.717) is 0 Å². The zero-order valence-corrected chi connectivity index (χ0v) is 4.38. The van der Waals surface area contributed by atoms with Crippen LogP contribution in [0.15, 0.2) is 0 Å². The summed E-state index contributed by atoms with van der Waals surface area (Å²) < 4.78 is 0. The minimum atomic E-state index is -2.01. The Morgan fingerprint density at radius 3 is 2.38 bits per heavy atom. The molecule has 4 heteroatoms. The summed E-state index contributed by atoms with van der Waals surface area (Å²) in [5.41, 5.74) is 2.56. The number of amides is 1. The molecule has 0 aliphatic rings. The summed E-state index contributed by atoms with van der Waals surface area (Å²) >= 11 is 0. The number of hydrogen-bond acceptors (Lipinski definition) is 3. The molecule has 0 spiro atoms. The van der Waals surface area contributed by atoms with E-state index in [1.807, 2.05) is 0 Å². The number of nitrogens with zero attached hydrogens (tertiary/aromatic N) is 1. The third kappa shape index (κ3) is 1.21. The predicted molar refractivity (Wildman–Crippen MR) is 25.4 cm³/mol. The van der Waals surface area contributed by atoms with Crippen LogP contribution >= 0.6 is 0 Å². The second-order valence-electron chi connectivity index (χ2n) is 1.55. The molecule has 1 unspecified atom stereocenters. The van der Waals surface area contributed by atoms with Crippen LogP contribution in [0, 0.1) is 11.3 Å². The molecule has 0 aromatic heterocycles. The van der Waals surface area contributed by atoms with Gasteiger partial charge in [0.15, 0.2) is 0 Å². The first kappa shape index (κ1) is 6.92. The molecule has 0 aromatic carbocycles. The van der Waals surface area contributed by atoms with Crippen molar-refractivity contribution in [3.8, 4) is 6.07 Å². The van der Waals surface area contributed by atoms with E-state index in [4.69, 9.17) is 10.4 Å². The van der Waals surface area contributed by atoms with Gasteiger partial charge in [-0.15, -0.1) is 0 Å². The van der Waals surface area contributed by atoms with Crippen molar-refractivity contribution in [3.63, 3.8) is 0 Å². The lowest BCUT2D eigenvalue weighted by Gasteiger charge is -2.05. The van der Waals surface area contributed by atoms with Gasteiger partial charge in [0, 0.05) is 0 Å². The highest BCUT2D eigenvalue weighted by Crippen LogP contribution is 1.96. The van der Waals surface area contributed by atoms with Gasteiger partial charge in [0.2, 0.25) is 5.60 Å². The standard InChI is InChI=1S/C4H6N2O2/c1-4(8,2-5)3(6)7/h8H,1H3,(H2,6,7). The molecule has 0 saturated carbocycles. The Hall–Kier alpha value is -1.08. The minimum Gasteiger partial charge on any atom is -0.368 e. The summed E-state index contributed by atoms with van der Waals surface area (Å²) in [6, 6.07) is 1.32. The fourth-order valence-electron chi connectivity index (χ4n) is 0.0551. The van der Waals surface area contributed by atoms with Crippen LogP contribution in [0.2, 0.25) is 0 Å². The molecule has 0 radical (unpaired) electrons. The van der Waals surface area contributed by atoms with Crippen molar-refractivity contribution >= 4 is 5.91 Å². The second-order valence-corrected chi connectivity index (χ2v) is 1.55. The van der Waals surface area contributed by atoms with Gasteiger partial charge in [0.05, 0.1) is 0 Å². The molecule has 4 nitrogen and oxygen atoms in total. The monoisotopic (exact) mass is 114 g/mol. The van der Waals surface area contributed by atoms with E-state index in [0.717, 1.165) is 6.92 Å². The lowest BCUT2D eigenvalue weighted by molar-refractivity contribution is -0.129. The maximum absolute atomic E-state index is 10.0. The summed E-state index contributed by atoms with van der Waals surface area (Å²) in [4.78, 5) is 10.0. The number of aliphatic hydroxyl groups is 1. The Bertz CT molecular complexity index is 145. The Labute approximate surface area is 46.5 Å². The Morgan fingerprint density at radius 2 is 2.38 bits per heavy atom. The molecule has 3 N–H and O–H groups in total. The number of primary amides is 1. The highest BCUT2D eigenvalue weighted by Gasteiger charge is 2.26. The van der Waals surface area contributed by atoms with Gasteiger partial charge in [-0.2, -0.15) is 5.26 Å². The van der Waals surface area contributed by atoms with E-state index in [1.165, 1.54) is 6.07 Å². The average molecular weight is 114 g/mol. The van der Waals surface area contributed by atoms with Crippen molar-refractivity contribution in [2.24, 2.45) is 5.73 Å². The van der Waals surface area contributed by atoms with Crippen LogP contribution in [0.1, 0.15) is 6.92 Å². The number of nitriles is 1. The number of nitrogens with two attached hydrogens (primary N) is 1. The quantitative estimate of drug-likeness (QED) is 0.417. The van der Waals surface area contributed by atoms with Gasteiger partial charge < -0.3 is 10.8 Å². The topological polar surface area (TPSA) is 87.1 Å². The van der Waals surface area contributed by atoms with Crippen LogP contribution in [-0.2, 0) is 4.79 Å². The molecule has 0 aliphatic heterocycles. The predicted octanol–water partition coefficient (Wildman–Crippen LogP) is -1.25. The van der Waals surface area contributed by atoms with Gasteiger partial charge in [-0.25, -0.2) is 0 Å². The third-order valence-corrected chi connectivity index (χ3v) is 0.697. The molecule has 0 heterocycles. The number of rotatable bonds is 1. The minimum absolute atomic E-state index is 1.03. The van der Waals surface area contributed by atoms with E-state index in [-0.39, 0.29) is 0 Å². The van der Waals surface area contributed by atoms with E-state index in [9.17, 15) is 4.79 Å².